The highest BCUT2D eigenvalue weighted by molar-refractivity contribution is 5.94. The van der Waals surface area contributed by atoms with Crippen molar-refractivity contribution >= 4 is 23.3 Å². The Kier molecular flexibility index (Phi) is 4.70. The first-order valence-corrected chi connectivity index (χ1v) is 6.03. The molecule has 2 aromatic rings. The minimum Gasteiger partial charge on any atom is -0.451 e. The summed E-state index contributed by atoms with van der Waals surface area (Å²) in [6, 6.07) is 5.40. The second-order valence-electron chi connectivity index (χ2n) is 4.02. The highest BCUT2D eigenvalue weighted by Gasteiger charge is 2.12. The van der Waals surface area contributed by atoms with Gasteiger partial charge in [0.1, 0.15) is 0 Å². The highest BCUT2D eigenvalue weighted by atomic mass is 16.6. The zero-order valence-electron chi connectivity index (χ0n) is 11.1. The van der Waals surface area contributed by atoms with Gasteiger partial charge < -0.3 is 10.1 Å². The molecule has 1 heterocycles. The van der Waals surface area contributed by atoms with Gasteiger partial charge in [-0.1, -0.05) is 6.07 Å². The Bertz CT molecular complexity index is 705. The van der Waals surface area contributed by atoms with Crippen molar-refractivity contribution in [2.75, 3.05) is 11.9 Å². The summed E-state index contributed by atoms with van der Waals surface area (Å²) in [5.74, 6) is -1.42. The monoisotopic (exact) mass is 302 g/mol. The lowest BCUT2D eigenvalue weighted by Crippen LogP contribution is -2.21. The van der Waals surface area contributed by atoms with Crippen molar-refractivity contribution in [2.24, 2.45) is 0 Å². The molecule has 1 aromatic heterocycles. The number of carbonyl (C=O) groups excluding carboxylic acids is 2. The third-order valence-corrected chi connectivity index (χ3v) is 2.45. The van der Waals surface area contributed by atoms with E-state index < -0.39 is 23.4 Å². The van der Waals surface area contributed by atoms with E-state index in [9.17, 15) is 19.7 Å². The van der Waals surface area contributed by atoms with Crippen LogP contribution in [-0.4, -0.2) is 33.4 Å². The lowest BCUT2D eigenvalue weighted by atomic mass is 10.3. The van der Waals surface area contributed by atoms with Crippen LogP contribution in [0, 0.1) is 10.1 Å². The summed E-state index contributed by atoms with van der Waals surface area (Å²) in [6.45, 7) is -0.544. The second-order valence-corrected chi connectivity index (χ2v) is 4.02. The first kappa shape index (κ1) is 15.0. The SMILES string of the molecule is O=C(COC(=O)c1cnccn1)Nc1cccc([N+](=O)[O-])c1. The lowest BCUT2D eigenvalue weighted by Gasteiger charge is -2.06. The normalized spacial score (nSPS) is 9.82. The molecular formula is C13H10N4O5. The molecule has 2 rings (SSSR count). The number of non-ortho nitro benzene ring substituents is 1. The van der Waals surface area contributed by atoms with E-state index >= 15 is 0 Å². The van der Waals surface area contributed by atoms with Crippen LogP contribution in [-0.2, 0) is 9.53 Å². The van der Waals surface area contributed by atoms with Crippen molar-refractivity contribution in [3.05, 3.63) is 58.7 Å². The molecule has 0 aliphatic rings. The van der Waals surface area contributed by atoms with Crippen LogP contribution in [0.5, 0.6) is 0 Å². The van der Waals surface area contributed by atoms with E-state index in [1.54, 1.807) is 0 Å². The lowest BCUT2D eigenvalue weighted by molar-refractivity contribution is -0.384. The number of hydrogen-bond donors (Lipinski definition) is 1. The Hall–Kier alpha value is -3.36. The number of anilines is 1. The van der Waals surface area contributed by atoms with Crippen LogP contribution >= 0.6 is 0 Å². The number of hydrogen-bond acceptors (Lipinski definition) is 7. The van der Waals surface area contributed by atoms with Gasteiger partial charge in [0.25, 0.3) is 11.6 Å². The van der Waals surface area contributed by atoms with Gasteiger partial charge in [0.15, 0.2) is 12.3 Å². The number of nitro groups is 1. The van der Waals surface area contributed by atoms with E-state index in [2.05, 4.69) is 15.3 Å². The standard InChI is InChI=1S/C13H10N4O5/c18-12(8-22-13(19)11-7-14-4-5-15-11)16-9-2-1-3-10(6-9)17(20)21/h1-7H,8H2,(H,16,18). The Labute approximate surface area is 124 Å². The van der Waals surface area contributed by atoms with Gasteiger partial charge in [-0.25, -0.2) is 9.78 Å². The maximum atomic E-state index is 11.6. The predicted octanol–water partition coefficient (Wildman–Crippen LogP) is 1.18. The fourth-order valence-corrected chi connectivity index (χ4v) is 1.50. The van der Waals surface area contributed by atoms with Gasteiger partial charge in [-0.05, 0) is 6.07 Å². The largest absolute Gasteiger partial charge is 0.451 e. The van der Waals surface area contributed by atoms with Crippen LogP contribution in [0.1, 0.15) is 10.5 Å². The quantitative estimate of drug-likeness (QED) is 0.499. The molecule has 0 radical (unpaired) electrons. The Morgan fingerprint density at radius 2 is 2.14 bits per heavy atom. The van der Waals surface area contributed by atoms with Crippen LogP contribution in [0.4, 0.5) is 11.4 Å². The number of nitrogens with one attached hydrogen (secondary N) is 1. The Balaban J connectivity index is 1.89. The summed E-state index contributed by atoms with van der Waals surface area (Å²) in [5, 5.41) is 13.0. The van der Waals surface area contributed by atoms with E-state index in [1.165, 1.54) is 42.9 Å². The maximum absolute atomic E-state index is 11.6. The van der Waals surface area contributed by atoms with Crippen molar-refractivity contribution in [1.82, 2.24) is 9.97 Å². The molecule has 0 unspecified atom stereocenters. The van der Waals surface area contributed by atoms with E-state index in [0.717, 1.165) is 0 Å². The zero-order valence-corrected chi connectivity index (χ0v) is 11.1. The van der Waals surface area contributed by atoms with Crippen molar-refractivity contribution in [1.29, 1.82) is 0 Å². The molecule has 0 bridgehead atoms. The molecule has 0 atom stereocenters. The van der Waals surface area contributed by atoms with E-state index in [-0.39, 0.29) is 17.1 Å². The first-order chi connectivity index (χ1) is 10.6. The number of benzene rings is 1. The smallest absolute Gasteiger partial charge is 0.359 e. The summed E-state index contributed by atoms with van der Waals surface area (Å²) >= 11 is 0. The highest BCUT2D eigenvalue weighted by Crippen LogP contribution is 2.16. The average Bonchev–Trinajstić information content (AvgIpc) is 2.53. The van der Waals surface area contributed by atoms with Crippen molar-refractivity contribution in [3.63, 3.8) is 0 Å². The summed E-state index contributed by atoms with van der Waals surface area (Å²) in [7, 11) is 0. The molecule has 0 aliphatic heterocycles. The number of aromatic nitrogens is 2. The minimum atomic E-state index is -0.790. The molecule has 0 aliphatic carbocycles. The maximum Gasteiger partial charge on any atom is 0.359 e. The number of esters is 1. The van der Waals surface area contributed by atoms with Gasteiger partial charge >= 0.3 is 5.97 Å². The number of amides is 1. The topological polar surface area (TPSA) is 124 Å². The van der Waals surface area contributed by atoms with E-state index in [0.29, 0.717) is 0 Å². The summed E-state index contributed by atoms with van der Waals surface area (Å²) < 4.78 is 4.75. The first-order valence-electron chi connectivity index (χ1n) is 6.03. The van der Waals surface area contributed by atoms with Crippen molar-refractivity contribution in [2.45, 2.75) is 0 Å². The number of nitro benzene ring substituents is 1. The molecule has 9 heteroatoms. The molecular weight excluding hydrogens is 292 g/mol. The fourth-order valence-electron chi connectivity index (χ4n) is 1.50. The zero-order chi connectivity index (χ0) is 15.9. The number of carbonyl (C=O) groups is 2. The van der Waals surface area contributed by atoms with Gasteiger partial charge in [-0.2, -0.15) is 0 Å². The molecule has 0 saturated heterocycles. The molecule has 0 fully saturated rings. The average molecular weight is 302 g/mol. The number of nitrogens with zero attached hydrogens (tertiary/aromatic N) is 3. The molecule has 112 valence electrons. The molecule has 22 heavy (non-hydrogen) atoms. The number of rotatable bonds is 5. The van der Waals surface area contributed by atoms with Crippen LogP contribution in [0.15, 0.2) is 42.9 Å². The molecule has 1 amide bonds. The Morgan fingerprint density at radius 3 is 2.82 bits per heavy atom. The van der Waals surface area contributed by atoms with E-state index in [4.69, 9.17) is 4.74 Å². The van der Waals surface area contributed by atoms with Crippen LogP contribution in [0.3, 0.4) is 0 Å². The second kappa shape index (κ2) is 6.88. The summed E-state index contributed by atoms with van der Waals surface area (Å²) in [5.41, 5.74) is 0.0507. The van der Waals surface area contributed by atoms with Gasteiger partial charge in [-0.15, -0.1) is 0 Å². The summed E-state index contributed by atoms with van der Waals surface area (Å²) in [6.07, 6.45) is 3.92. The van der Waals surface area contributed by atoms with Crippen LogP contribution < -0.4 is 5.32 Å². The third kappa shape index (κ3) is 4.07. The minimum absolute atomic E-state index is 0.0225. The van der Waals surface area contributed by atoms with Crippen molar-refractivity contribution in [3.8, 4) is 0 Å². The number of ether oxygens (including phenoxy) is 1. The molecule has 1 aromatic carbocycles. The van der Waals surface area contributed by atoms with Crippen LogP contribution in [0.25, 0.3) is 0 Å². The molecule has 0 spiro atoms. The van der Waals surface area contributed by atoms with Gasteiger partial charge in [0.2, 0.25) is 0 Å². The van der Waals surface area contributed by atoms with Gasteiger partial charge in [-0.3, -0.25) is 19.9 Å². The summed E-state index contributed by atoms with van der Waals surface area (Å²) in [4.78, 5) is 40.7. The fraction of sp³-hybridized carbons (Fsp3) is 0.0769. The molecule has 0 saturated carbocycles. The molecule has 1 N–H and O–H groups in total. The van der Waals surface area contributed by atoms with Crippen LogP contribution in [0.2, 0.25) is 0 Å². The third-order valence-electron chi connectivity index (χ3n) is 2.45. The van der Waals surface area contributed by atoms with Gasteiger partial charge in [0, 0.05) is 30.2 Å². The van der Waals surface area contributed by atoms with Crippen molar-refractivity contribution < 1.29 is 19.2 Å². The Morgan fingerprint density at radius 1 is 1.32 bits per heavy atom. The molecule has 9 nitrogen and oxygen atoms in total. The van der Waals surface area contributed by atoms with Gasteiger partial charge in [0.05, 0.1) is 11.1 Å². The van der Waals surface area contributed by atoms with E-state index in [1.807, 2.05) is 0 Å². The predicted molar refractivity (Wildman–Crippen MR) is 74.0 cm³/mol.